The van der Waals surface area contributed by atoms with E-state index in [2.05, 4.69) is 17.6 Å². The number of carboxylic acids is 1. The smallest absolute Gasteiger partial charge is 0.329 e. The van der Waals surface area contributed by atoms with Gasteiger partial charge in [-0.15, -0.1) is 0 Å². The molecule has 1 aliphatic heterocycles. The Bertz CT molecular complexity index is 744. The summed E-state index contributed by atoms with van der Waals surface area (Å²) in [6.45, 7) is 6.59. The van der Waals surface area contributed by atoms with Crippen LogP contribution in [-0.4, -0.2) is 46.5 Å². The number of aryl methyl sites for hydroxylation is 1. The molecule has 0 bridgehead atoms. The normalized spacial score (nSPS) is 16.6. The largest absolute Gasteiger partial charge is 0.480 e. The molecular formula is C23H35N3O4. The Morgan fingerprint density at radius 3 is 2.47 bits per heavy atom. The Kier molecular flexibility index (Phi) is 8.69. The summed E-state index contributed by atoms with van der Waals surface area (Å²) in [6, 6.07) is 7.44. The van der Waals surface area contributed by atoms with E-state index in [0.29, 0.717) is 32.4 Å². The van der Waals surface area contributed by atoms with Gasteiger partial charge in [0.25, 0.3) is 0 Å². The third-order valence-corrected chi connectivity index (χ3v) is 5.82. The minimum Gasteiger partial charge on any atom is -0.480 e. The summed E-state index contributed by atoms with van der Waals surface area (Å²) in [7, 11) is 0. The lowest BCUT2D eigenvalue weighted by Crippen LogP contribution is -2.55. The Balaban J connectivity index is 1.84. The molecule has 3 amide bonds. The first-order valence-corrected chi connectivity index (χ1v) is 10.9. The fraction of sp³-hybridized carbons (Fsp3) is 0.609. The summed E-state index contributed by atoms with van der Waals surface area (Å²) in [5, 5.41) is 15.3. The summed E-state index contributed by atoms with van der Waals surface area (Å²) in [5.74, 6) is -1.50. The minimum atomic E-state index is -1.25. The number of urea groups is 1. The monoisotopic (exact) mass is 417 g/mol. The molecule has 0 unspecified atom stereocenters. The van der Waals surface area contributed by atoms with Crippen LogP contribution in [0.1, 0.15) is 64.4 Å². The third-order valence-electron chi connectivity index (χ3n) is 5.82. The first kappa shape index (κ1) is 23.7. The van der Waals surface area contributed by atoms with Crippen LogP contribution in [0.2, 0.25) is 0 Å². The quantitative estimate of drug-likeness (QED) is 0.525. The van der Waals surface area contributed by atoms with Crippen molar-refractivity contribution in [1.29, 1.82) is 0 Å². The molecule has 30 heavy (non-hydrogen) atoms. The molecule has 0 radical (unpaired) electrons. The topological polar surface area (TPSA) is 98.7 Å². The maximum absolute atomic E-state index is 12.7. The van der Waals surface area contributed by atoms with E-state index in [1.165, 1.54) is 0 Å². The molecule has 3 N–H and O–H groups in total. The molecule has 0 saturated carbocycles. The Morgan fingerprint density at radius 1 is 1.17 bits per heavy atom. The molecule has 1 heterocycles. The lowest BCUT2D eigenvalue weighted by atomic mass is 9.90. The molecule has 166 valence electrons. The van der Waals surface area contributed by atoms with E-state index in [1.54, 1.807) is 11.8 Å². The number of rotatable bonds is 9. The molecule has 1 aliphatic rings. The van der Waals surface area contributed by atoms with Crippen LogP contribution in [0.4, 0.5) is 10.5 Å². The SMILES string of the molecule is CCCCCC[C@@](C)(NC(=O)C1CCN(C(=O)Nc2cccc(C)c2)CC1)C(=O)O. The number of nitrogens with one attached hydrogen (secondary N) is 2. The molecule has 1 saturated heterocycles. The number of anilines is 1. The van der Waals surface area contributed by atoms with Gasteiger partial charge >= 0.3 is 12.0 Å². The van der Waals surface area contributed by atoms with E-state index in [9.17, 15) is 19.5 Å². The second kappa shape index (κ2) is 11.0. The van der Waals surface area contributed by atoms with Crippen molar-refractivity contribution in [2.24, 2.45) is 5.92 Å². The van der Waals surface area contributed by atoms with Gasteiger partial charge in [-0.1, -0.05) is 44.7 Å². The second-order valence-electron chi connectivity index (χ2n) is 8.50. The number of amides is 3. The van der Waals surface area contributed by atoms with Crippen LogP contribution < -0.4 is 10.6 Å². The van der Waals surface area contributed by atoms with Gasteiger partial charge in [-0.25, -0.2) is 9.59 Å². The fourth-order valence-electron chi connectivity index (χ4n) is 3.77. The van der Waals surface area contributed by atoms with Crippen molar-refractivity contribution in [3.05, 3.63) is 29.8 Å². The van der Waals surface area contributed by atoms with Gasteiger partial charge in [-0.2, -0.15) is 0 Å². The Morgan fingerprint density at radius 2 is 1.87 bits per heavy atom. The van der Waals surface area contributed by atoms with Gasteiger partial charge in [0.15, 0.2) is 0 Å². The van der Waals surface area contributed by atoms with E-state index < -0.39 is 11.5 Å². The van der Waals surface area contributed by atoms with Gasteiger partial charge in [0, 0.05) is 24.7 Å². The fourth-order valence-corrected chi connectivity index (χ4v) is 3.77. The molecule has 1 aromatic carbocycles. The average molecular weight is 418 g/mol. The number of likely N-dealkylation sites (tertiary alicyclic amines) is 1. The van der Waals surface area contributed by atoms with Gasteiger partial charge in [-0.05, 0) is 50.8 Å². The van der Waals surface area contributed by atoms with Gasteiger partial charge in [-0.3, -0.25) is 4.79 Å². The predicted octanol–water partition coefficient (Wildman–Crippen LogP) is 4.17. The van der Waals surface area contributed by atoms with Gasteiger partial charge in [0.2, 0.25) is 5.91 Å². The number of benzene rings is 1. The number of aliphatic carboxylic acids is 1. The van der Waals surface area contributed by atoms with E-state index in [-0.39, 0.29) is 17.9 Å². The number of carboxylic acid groups (broad SMARTS) is 1. The van der Waals surface area contributed by atoms with Crippen LogP contribution in [-0.2, 0) is 9.59 Å². The standard InChI is InChI=1S/C23H35N3O4/c1-4-5-6-7-13-23(3,21(28)29)25-20(27)18-11-14-26(15-12-18)22(30)24-19-10-8-9-17(2)16-19/h8-10,16,18H,4-7,11-15H2,1-3H3,(H,24,30)(H,25,27)(H,28,29)/t23-/m1/s1. The summed E-state index contributed by atoms with van der Waals surface area (Å²) < 4.78 is 0. The maximum Gasteiger partial charge on any atom is 0.329 e. The number of hydrogen-bond donors (Lipinski definition) is 3. The van der Waals surface area contributed by atoms with Crippen molar-refractivity contribution in [1.82, 2.24) is 10.2 Å². The minimum absolute atomic E-state index is 0.175. The van der Waals surface area contributed by atoms with Crippen molar-refractivity contribution >= 4 is 23.6 Å². The number of unbranched alkanes of at least 4 members (excludes halogenated alkanes) is 3. The highest BCUT2D eigenvalue weighted by Crippen LogP contribution is 2.22. The molecule has 7 nitrogen and oxygen atoms in total. The Labute approximate surface area is 179 Å². The van der Waals surface area contributed by atoms with Crippen LogP contribution >= 0.6 is 0 Å². The number of piperidine rings is 1. The van der Waals surface area contributed by atoms with E-state index in [4.69, 9.17) is 0 Å². The number of carbonyl (C=O) groups is 3. The summed E-state index contributed by atoms with van der Waals surface area (Å²) in [6.07, 6.45) is 5.35. The van der Waals surface area contributed by atoms with Crippen molar-refractivity contribution in [2.45, 2.75) is 71.3 Å². The van der Waals surface area contributed by atoms with E-state index in [1.807, 2.05) is 31.2 Å². The van der Waals surface area contributed by atoms with Crippen molar-refractivity contribution < 1.29 is 19.5 Å². The zero-order valence-electron chi connectivity index (χ0n) is 18.4. The van der Waals surface area contributed by atoms with Crippen molar-refractivity contribution in [2.75, 3.05) is 18.4 Å². The van der Waals surface area contributed by atoms with Crippen molar-refractivity contribution in [3.63, 3.8) is 0 Å². The first-order chi connectivity index (χ1) is 14.2. The molecule has 0 aliphatic carbocycles. The molecule has 2 rings (SSSR count). The molecule has 1 atom stereocenters. The van der Waals surface area contributed by atoms with E-state index >= 15 is 0 Å². The predicted molar refractivity (Wildman–Crippen MR) is 117 cm³/mol. The zero-order chi connectivity index (χ0) is 22.1. The molecule has 7 heteroatoms. The Hall–Kier alpha value is -2.57. The first-order valence-electron chi connectivity index (χ1n) is 10.9. The highest BCUT2D eigenvalue weighted by molar-refractivity contribution is 5.90. The third kappa shape index (κ3) is 6.75. The van der Waals surface area contributed by atoms with E-state index in [0.717, 1.165) is 36.9 Å². The van der Waals surface area contributed by atoms with Gasteiger partial charge in [0.05, 0.1) is 0 Å². The molecule has 1 aromatic rings. The molecule has 1 fully saturated rings. The zero-order valence-corrected chi connectivity index (χ0v) is 18.4. The lowest BCUT2D eigenvalue weighted by molar-refractivity contribution is -0.148. The number of nitrogens with zero attached hydrogens (tertiary/aromatic N) is 1. The maximum atomic E-state index is 12.7. The highest BCUT2D eigenvalue weighted by Gasteiger charge is 2.37. The molecular weight excluding hydrogens is 382 g/mol. The highest BCUT2D eigenvalue weighted by atomic mass is 16.4. The molecule has 0 aromatic heterocycles. The van der Waals surface area contributed by atoms with Crippen LogP contribution in [0.5, 0.6) is 0 Å². The van der Waals surface area contributed by atoms with Crippen molar-refractivity contribution in [3.8, 4) is 0 Å². The van der Waals surface area contributed by atoms with Gasteiger partial charge in [0.1, 0.15) is 5.54 Å². The number of hydrogen-bond acceptors (Lipinski definition) is 3. The summed E-state index contributed by atoms with van der Waals surface area (Å²) in [4.78, 5) is 38.7. The second-order valence-corrected chi connectivity index (χ2v) is 8.50. The summed E-state index contributed by atoms with van der Waals surface area (Å²) in [5.41, 5.74) is 0.573. The van der Waals surface area contributed by atoms with Crippen LogP contribution in [0.25, 0.3) is 0 Å². The van der Waals surface area contributed by atoms with Gasteiger partial charge < -0.3 is 20.6 Å². The van der Waals surface area contributed by atoms with Crippen LogP contribution in [0.15, 0.2) is 24.3 Å². The lowest BCUT2D eigenvalue weighted by Gasteiger charge is -2.34. The van der Waals surface area contributed by atoms with Crippen LogP contribution in [0.3, 0.4) is 0 Å². The average Bonchev–Trinajstić information content (AvgIpc) is 2.71. The molecule has 0 spiro atoms. The van der Waals surface area contributed by atoms with Crippen LogP contribution in [0, 0.1) is 12.8 Å². The number of carbonyl (C=O) groups excluding carboxylic acids is 2. The summed E-state index contributed by atoms with van der Waals surface area (Å²) >= 11 is 0.